The molecule has 0 aromatic heterocycles. The van der Waals surface area contributed by atoms with E-state index in [4.69, 9.17) is 4.74 Å². The number of hydrogen-bond acceptors (Lipinski definition) is 3. The normalized spacial score (nSPS) is 24.3. The highest BCUT2D eigenvalue weighted by Gasteiger charge is 2.40. The highest BCUT2D eigenvalue weighted by molar-refractivity contribution is 7.88. The highest BCUT2D eigenvalue weighted by atomic mass is 32.2. The monoisotopic (exact) mass is 287 g/mol. The molecule has 1 aliphatic heterocycles. The number of halogens is 1. The molecule has 1 unspecified atom stereocenters. The Morgan fingerprint density at radius 2 is 1.89 bits per heavy atom. The van der Waals surface area contributed by atoms with Gasteiger partial charge in [0.2, 0.25) is 10.0 Å². The number of rotatable bonds is 2. The Labute approximate surface area is 113 Å². The number of hydrogen-bond donors (Lipinski definition) is 0. The van der Waals surface area contributed by atoms with E-state index in [1.807, 2.05) is 13.8 Å². The van der Waals surface area contributed by atoms with Crippen molar-refractivity contribution in [3.05, 3.63) is 35.6 Å². The quantitative estimate of drug-likeness (QED) is 0.835. The minimum atomic E-state index is -3.30. The topological polar surface area (TPSA) is 46.6 Å². The minimum absolute atomic E-state index is 0.247. The third kappa shape index (κ3) is 3.13. The van der Waals surface area contributed by atoms with Crippen molar-refractivity contribution in [1.29, 1.82) is 0 Å². The molecule has 106 valence electrons. The standard InChI is InChI=1S/C13H18FNO3S/c1-13(2)9-18-12(8-15(13)19(3,16)17)10-4-6-11(14)7-5-10/h4-7,12H,8-9H2,1-3H3. The fraction of sp³-hybridized carbons (Fsp3) is 0.538. The number of nitrogens with zero attached hydrogens (tertiary/aromatic N) is 1. The first kappa shape index (κ1) is 14.4. The Bertz CT molecular complexity index is 554. The molecule has 0 spiro atoms. The molecule has 0 N–H and O–H groups in total. The van der Waals surface area contributed by atoms with Gasteiger partial charge in [0.15, 0.2) is 0 Å². The molecule has 1 aromatic carbocycles. The van der Waals surface area contributed by atoms with E-state index in [0.29, 0.717) is 6.61 Å². The molecule has 6 heteroatoms. The summed E-state index contributed by atoms with van der Waals surface area (Å²) in [5.74, 6) is -0.320. The SMILES string of the molecule is CC1(C)COC(c2ccc(F)cc2)CN1S(C)(=O)=O. The van der Waals surface area contributed by atoms with Crippen LogP contribution < -0.4 is 0 Å². The van der Waals surface area contributed by atoms with E-state index in [1.165, 1.54) is 22.7 Å². The predicted octanol–water partition coefficient (Wildman–Crippen LogP) is 1.94. The molecule has 0 radical (unpaired) electrons. The maximum atomic E-state index is 12.9. The second kappa shape index (κ2) is 4.85. The summed E-state index contributed by atoms with van der Waals surface area (Å²) >= 11 is 0. The average molecular weight is 287 g/mol. The number of sulfonamides is 1. The molecular formula is C13H18FNO3S. The van der Waals surface area contributed by atoms with Crippen LogP contribution in [0.5, 0.6) is 0 Å². The molecule has 4 nitrogen and oxygen atoms in total. The van der Waals surface area contributed by atoms with Gasteiger partial charge in [0.05, 0.1) is 24.5 Å². The zero-order valence-corrected chi connectivity index (χ0v) is 12.1. The van der Waals surface area contributed by atoms with Crippen LogP contribution in [0.3, 0.4) is 0 Å². The summed E-state index contributed by atoms with van der Waals surface area (Å²) in [6.07, 6.45) is 0.838. The Balaban J connectivity index is 2.26. The lowest BCUT2D eigenvalue weighted by Crippen LogP contribution is -2.55. The summed E-state index contributed by atoms with van der Waals surface area (Å²) in [4.78, 5) is 0. The first-order chi connectivity index (χ1) is 8.70. The van der Waals surface area contributed by atoms with Gasteiger partial charge < -0.3 is 4.74 Å². The van der Waals surface area contributed by atoms with E-state index in [9.17, 15) is 12.8 Å². The molecule has 1 heterocycles. The average Bonchev–Trinajstić information content (AvgIpc) is 2.28. The maximum Gasteiger partial charge on any atom is 0.211 e. The molecule has 1 aromatic rings. The van der Waals surface area contributed by atoms with E-state index in [2.05, 4.69) is 0 Å². The first-order valence-electron chi connectivity index (χ1n) is 6.05. The number of ether oxygens (including phenoxy) is 1. The summed E-state index contributed by atoms with van der Waals surface area (Å²) in [7, 11) is -3.30. The molecule has 2 rings (SSSR count). The molecule has 1 saturated heterocycles. The summed E-state index contributed by atoms with van der Waals surface area (Å²) < 4.78 is 43.7. The van der Waals surface area contributed by atoms with Gasteiger partial charge in [-0.05, 0) is 31.5 Å². The van der Waals surface area contributed by atoms with E-state index < -0.39 is 15.6 Å². The van der Waals surface area contributed by atoms with Crippen molar-refractivity contribution >= 4 is 10.0 Å². The van der Waals surface area contributed by atoms with Crippen LogP contribution in [0.15, 0.2) is 24.3 Å². The van der Waals surface area contributed by atoms with E-state index >= 15 is 0 Å². The van der Waals surface area contributed by atoms with Crippen LogP contribution in [0.2, 0.25) is 0 Å². The molecule has 0 amide bonds. The van der Waals surface area contributed by atoms with Gasteiger partial charge in [0.1, 0.15) is 5.82 Å². The molecule has 1 fully saturated rings. The van der Waals surface area contributed by atoms with Crippen molar-refractivity contribution in [3.8, 4) is 0 Å². The van der Waals surface area contributed by atoms with Crippen molar-refractivity contribution in [3.63, 3.8) is 0 Å². The van der Waals surface area contributed by atoms with Crippen LogP contribution in [0.4, 0.5) is 4.39 Å². The van der Waals surface area contributed by atoms with Gasteiger partial charge in [-0.25, -0.2) is 12.8 Å². The van der Waals surface area contributed by atoms with Gasteiger partial charge in [0.25, 0.3) is 0 Å². The van der Waals surface area contributed by atoms with Gasteiger partial charge in [-0.1, -0.05) is 12.1 Å². The summed E-state index contributed by atoms with van der Waals surface area (Å²) in [6, 6.07) is 5.95. The van der Waals surface area contributed by atoms with Crippen LogP contribution in [-0.2, 0) is 14.8 Å². The third-order valence-corrected chi connectivity index (χ3v) is 4.73. The van der Waals surface area contributed by atoms with Crippen LogP contribution in [0, 0.1) is 5.82 Å². The fourth-order valence-electron chi connectivity index (χ4n) is 2.29. The second-order valence-electron chi connectivity index (χ2n) is 5.46. The van der Waals surface area contributed by atoms with Gasteiger partial charge >= 0.3 is 0 Å². The number of benzene rings is 1. The molecule has 19 heavy (non-hydrogen) atoms. The largest absolute Gasteiger partial charge is 0.370 e. The lowest BCUT2D eigenvalue weighted by atomic mass is 10.0. The second-order valence-corrected chi connectivity index (χ2v) is 7.36. The van der Waals surface area contributed by atoms with Crippen molar-refractivity contribution < 1.29 is 17.5 Å². The first-order valence-corrected chi connectivity index (χ1v) is 7.90. The maximum absolute atomic E-state index is 12.9. The van der Waals surface area contributed by atoms with Crippen LogP contribution in [-0.4, -0.2) is 37.7 Å². The van der Waals surface area contributed by atoms with Crippen molar-refractivity contribution in [2.45, 2.75) is 25.5 Å². The Morgan fingerprint density at radius 1 is 1.32 bits per heavy atom. The third-order valence-electron chi connectivity index (χ3n) is 3.29. The molecule has 1 atom stereocenters. The van der Waals surface area contributed by atoms with Gasteiger partial charge in [-0.3, -0.25) is 0 Å². The van der Waals surface area contributed by atoms with Crippen molar-refractivity contribution in [2.24, 2.45) is 0 Å². The van der Waals surface area contributed by atoms with Crippen LogP contribution in [0.1, 0.15) is 25.5 Å². The van der Waals surface area contributed by atoms with Crippen LogP contribution in [0.25, 0.3) is 0 Å². The van der Waals surface area contributed by atoms with Gasteiger partial charge in [-0.15, -0.1) is 0 Å². The molecule has 0 aliphatic carbocycles. The fourth-order valence-corrected chi connectivity index (χ4v) is 3.65. The van der Waals surface area contributed by atoms with Gasteiger partial charge in [0, 0.05) is 6.54 Å². The highest BCUT2D eigenvalue weighted by Crippen LogP contribution is 2.31. The minimum Gasteiger partial charge on any atom is -0.370 e. The Hall–Kier alpha value is -0.980. The smallest absolute Gasteiger partial charge is 0.211 e. The molecular weight excluding hydrogens is 269 g/mol. The lowest BCUT2D eigenvalue weighted by Gasteiger charge is -2.43. The molecule has 1 aliphatic rings. The Kier molecular flexibility index (Phi) is 3.68. The lowest BCUT2D eigenvalue weighted by molar-refractivity contribution is -0.0652. The van der Waals surface area contributed by atoms with Gasteiger partial charge in [-0.2, -0.15) is 4.31 Å². The van der Waals surface area contributed by atoms with E-state index in [1.54, 1.807) is 12.1 Å². The van der Waals surface area contributed by atoms with Crippen molar-refractivity contribution in [1.82, 2.24) is 4.31 Å². The predicted molar refractivity (Wildman–Crippen MR) is 70.7 cm³/mol. The molecule has 0 bridgehead atoms. The zero-order chi connectivity index (χ0) is 14.3. The van der Waals surface area contributed by atoms with Crippen molar-refractivity contribution in [2.75, 3.05) is 19.4 Å². The summed E-state index contributed by atoms with van der Waals surface area (Å²) in [6.45, 7) is 4.21. The van der Waals surface area contributed by atoms with Crippen LogP contribution >= 0.6 is 0 Å². The summed E-state index contributed by atoms with van der Waals surface area (Å²) in [5, 5.41) is 0. The Morgan fingerprint density at radius 3 is 2.42 bits per heavy atom. The number of morpholine rings is 1. The van der Waals surface area contributed by atoms with E-state index in [0.717, 1.165) is 5.56 Å². The summed E-state index contributed by atoms with van der Waals surface area (Å²) in [5.41, 5.74) is 0.218. The van der Waals surface area contributed by atoms with E-state index in [-0.39, 0.29) is 18.5 Å². The molecule has 0 saturated carbocycles. The zero-order valence-electron chi connectivity index (χ0n) is 11.3.